The van der Waals surface area contributed by atoms with Gasteiger partial charge in [0, 0.05) is 12.2 Å². The molecule has 7 heteroatoms. The minimum absolute atomic E-state index is 0.0849. The predicted octanol–water partition coefficient (Wildman–Crippen LogP) is 5.32. The third-order valence-electron chi connectivity index (χ3n) is 4.70. The molecule has 0 fully saturated rings. The van der Waals surface area contributed by atoms with Gasteiger partial charge in [0.2, 0.25) is 0 Å². The molecule has 154 valence electrons. The highest BCUT2D eigenvalue weighted by Gasteiger charge is 2.25. The first-order valence-corrected chi connectivity index (χ1v) is 10.8. The lowest BCUT2D eigenvalue weighted by atomic mass is 10.2. The molecule has 0 unspecified atom stereocenters. The molecule has 0 spiro atoms. The molecule has 6 nitrogen and oxygen atoms in total. The first-order valence-electron chi connectivity index (χ1n) is 9.99. The maximum atomic E-state index is 13.6. The van der Waals surface area contributed by atoms with Crippen molar-refractivity contribution >= 4 is 32.6 Å². The SMILES string of the molecule is CCOc1ccc2nc(N(Cc3ccccc3)C(=O)c3ccnn3C(C)C)sc2c1. The Balaban J connectivity index is 1.76. The zero-order valence-electron chi connectivity index (χ0n) is 17.3. The van der Waals surface area contributed by atoms with Gasteiger partial charge in [0.15, 0.2) is 5.13 Å². The van der Waals surface area contributed by atoms with E-state index >= 15 is 0 Å². The molecule has 4 aromatic rings. The van der Waals surface area contributed by atoms with Gasteiger partial charge in [-0.15, -0.1) is 0 Å². The molecule has 0 aliphatic heterocycles. The number of nitrogens with zero attached hydrogens (tertiary/aromatic N) is 4. The molecule has 0 saturated carbocycles. The molecule has 2 aromatic heterocycles. The van der Waals surface area contributed by atoms with Gasteiger partial charge in [-0.05, 0) is 50.6 Å². The highest BCUT2D eigenvalue weighted by molar-refractivity contribution is 7.22. The first-order chi connectivity index (χ1) is 14.6. The molecule has 0 radical (unpaired) electrons. The smallest absolute Gasteiger partial charge is 0.278 e. The summed E-state index contributed by atoms with van der Waals surface area (Å²) in [4.78, 5) is 20.1. The van der Waals surface area contributed by atoms with Gasteiger partial charge >= 0.3 is 0 Å². The Kier molecular flexibility index (Phi) is 5.81. The van der Waals surface area contributed by atoms with E-state index in [0.717, 1.165) is 21.5 Å². The van der Waals surface area contributed by atoms with Gasteiger partial charge in [-0.25, -0.2) is 4.98 Å². The summed E-state index contributed by atoms with van der Waals surface area (Å²) < 4.78 is 8.35. The van der Waals surface area contributed by atoms with Gasteiger partial charge in [-0.3, -0.25) is 14.4 Å². The molecule has 1 amide bonds. The summed E-state index contributed by atoms with van der Waals surface area (Å²) in [6.45, 7) is 7.02. The zero-order valence-corrected chi connectivity index (χ0v) is 18.1. The van der Waals surface area contributed by atoms with Crippen LogP contribution in [0.5, 0.6) is 5.75 Å². The molecule has 30 heavy (non-hydrogen) atoms. The molecule has 0 N–H and O–H groups in total. The Bertz CT molecular complexity index is 1150. The monoisotopic (exact) mass is 420 g/mol. The number of anilines is 1. The van der Waals surface area contributed by atoms with E-state index in [9.17, 15) is 4.79 Å². The summed E-state index contributed by atoms with van der Waals surface area (Å²) in [5.74, 6) is 0.688. The average molecular weight is 421 g/mol. The lowest BCUT2D eigenvalue weighted by molar-refractivity contribution is 0.0973. The van der Waals surface area contributed by atoms with Crippen molar-refractivity contribution in [2.24, 2.45) is 0 Å². The summed E-state index contributed by atoms with van der Waals surface area (Å²) in [6, 6.07) is 17.6. The maximum Gasteiger partial charge on any atom is 0.278 e. The molecular weight excluding hydrogens is 396 g/mol. The number of carbonyl (C=O) groups is 1. The van der Waals surface area contributed by atoms with Crippen LogP contribution >= 0.6 is 11.3 Å². The fraction of sp³-hybridized carbons (Fsp3) is 0.261. The number of carbonyl (C=O) groups excluding carboxylic acids is 1. The maximum absolute atomic E-state index is 13.6. The van der Waals surface area contributed by atoms with Gasteiger partial charge in [-0.2, -0.15) is 5.10 Å². The lowest BCUT2D eigenvalue weighted by Gasteiger charge is -2.21. The quantitative estimate of drug-likeness (QED) is 0.406. The highest BCUT2D eigenvalue weighted by atomic mass is 32.1. The van der Waals surface area contributed by atoms with Gasteiger partial charge in [0.05, 0.1) is 23.4 Å². The van der Waals surface area contributed by atoms with Crippen LogP contribution in [0.25, 0.3) is 10.2 Å². The van der Waals surface area contributed by atoms with Gasteiger partial charge < -0.3 is 4.74 Å². The van der Waals surface area contributed by atoms with Crippen LogP contribution in [0.4, 0.5) is 5.13 Å². The molecule has 0 aliphatic rings. The van der Waals surface area contributed by atoms with Crippen LogP contribution in [0, 0.1) is 0 Å². The van der Waals surface area contributed by atoms with Crippen molar-refractivity contribution in [2.75, 3.05) is 11.5 Å². The average Bonchev–Trinajstić information content (AvgIpc) is 3.39. The molecular formula is C23H24N4O2S. The third kappa shape index (κ3) is 4.07. The van der Waals surface area contributed by atoms with Crippen molar-refractivity contribution in [2.45, 2.75) is 33.4 Å². The molecule has 0 atom stereocenters. The van der Waals surface area contributed by atoms with Crippen LogP contribution < -0.4 is 9.64 Å². The molecule has 0 saturated heterocycles. The number of ether oxygens (including phenoxy) is 1. The van der Waals surface area contributed by atoms with E-state index in [1.807, 2.05) is 69.3 Å². The molecule has 2 aromatic carbocycles. The molecule has 2 heterocycles. The standard InChI is InChI=1S/C23H24N4O2S/c1-4-29-18-10-11-19-21(14-18)30-23(25-19)26(15-17-8-6-5-7-9-17)22(28)20-12-13-24-27(20)16(2)3/h5-14,16H,4,15H2,1-3H3. The van der Waals surface area contributed by atoms with E-state index in [-0.39, 0.29) is 11.9 Å². The van der Waals surface area contributed by atoms with Crippen LogP contribution in [0.2, 0.25) is 0 Å². The van der Waals surface area contributed by atoms with Crippen molar-refractivity contribution in [1.82, 2.24) is 14.8 Å². The van der Waals surface area contributed by atoms with E-state index in [1.54, 1.807) is 21.8 Å². The van der Waals surface area contributed by atoms with Crippen LogP contribution in [-0.4, -0.2) is 27.3 Å². The Morgan fingerprint density at radius 3 is 2.70 bits per heavy atom. The Hall–Kier alpha value is -3.19. The minimum Gasteiger partial charge on any atom is -0.494 e. The number of amides is 1. The van der Waals surface area contributed by atoms with Crippen molar-refractivity contribution in [3.63, 3.8) is 0 Å². The predicted molar refractivity (Wildman–Crippen MR) is 120 cm³/mol. The number of benzene rings is 2. The van der Waals surface area contributed by atoms with Crippen LogP contribution in [0.1, 0.15) is 42.9 Å². The van der Waals surface area contributed by atoms with Crippen molar-refractivity contribution < 1.29 is 9.53 Å². The number of fused-ring (bicyclic) bond motifs is 1. The third-order valence-corrected chi connectivity index (χ3v) is 5.74. The largest absolute Gasteiger partial charge is 0.494 e. The Morgan fingerprint density at radius 1 is 1.17 bits per heavy atom. The second kappa shape index (κ2) is 8.67. The van der Waals surface area contributed by atoms with Crippen LogP contribution in [0.15, 0.2) is 60.8 Å². The van der Waals surface area contributed by atoms with Gasteiger partial charge in [0.25, 0.3) is 5.91 Å². The van der Waals surface area contributed by atoms with E-state index in [1.165, 1.54) is 11.3 Å². The van der Waals surface area contributed by atoms with Gasteiger partial charge in [0.1, 0.15) is 11.4 Å². The number of rotatable bonds is 7. The molecule has 0 aliphatic carbocycles. The zero-order chi connectivity index (χ0) is 21.1. The summed E-state index contributed by atoms with van der Waals surface area (Å²) in [6.07, 6.45) is 1.67. The van der Waals surface area contributed by atoms with Gasteiger partial charge in [-0.1, -0.05) is 41.7 Å². The van der Waals surface area contributed by atoms with E-state index in [2.05, 4.69) is 5.10 Å². The fourth-order valence-corrected chi connectivity index (χ4v) is 4.28. The lowest BCUT2D eigenvalue weighted by Crippen LogP contribution is -2.32. The van der Waals surface area contributed by atoms with Crippen molar-refractivity contribution in [3.8, 4) is 5.75 Å². The van der Waals surface area contributed by atoms with Crippen molar-refractivity contribution in [1.29, 1.82) is 0 Å². The Labute approximate surface area is 179 Å². The summed E-state index contributed by atoms with van der Waals surface area (Å²) >= 11 is 1.49. The number of hydrogen-bond acceptors (Lipinski definition) is 5. The number of aromatic nitrogens is 3. The molecule has 0 bridgehead atoms. The summed E-state index contributed by atoms with van der Waals surface area (Å²) in [7, 11) is 0. The minimum atomic E-state index is -0.117. The fourth-order valence-electron chi connectivity index (χ4n) is 3.29. The van der Waals surface area contributed by atoms with Crippen molar-refractivity contribution in [3.05, 3.63) is 72.1 Å². The van der Waals surface area contributed by atoms with E-state index < -0.39 is 0 Å². The highest BCUT2D eigenvalue weighted by Crippen LogP contribution is 2.33. The van der Waals surface area contributed by atoms with E-state index in [0.29, 0.717) is 24.0 Å². The summed E-state index contributed by atoms with van der Waals surface area (Å²) in [5.41, 5.74) is 2.44. The second-order valence-electron chi connectivity index (χ2n) is 7.19. The Morgan fingerprint density at radius 2 is 1.97 bits per heavy atom. The normalized spacial score (nSPS) is 11.2. The first kappa shape index (κ1) is 20.1. The molecule has 4 rings (SSSR count). The van der Waals surface area contributed by atoms with Crippen LogP contribution in [0.3, 0.4) is 0 Å². The topological polar surface area (TPSA) is 60.2 Å². The van der Waals surface area contributed by atoms with E-state index in [4.69, 9.17) is 9.72 Å². The number of hydrogen-bond donors (Lipinski definition) is 0. The summed E-state index contributed by atoms with van der Waals surface area (Å²) in [5, 5.41) is 4.99. The number of thiazole rings is 1. The second-order valence-corrected chi connectivity index (χ2v) is 8.20. The van der Waals surface area contributed by atoms with Crippen LogP contribution in [-0.2, 0) is 6.54 Å².